The molecule has 0 aliphatic carbocycles. The van der Waals surface area contributed by atoms with Gasteiger partial charge in [-0.1, -0.05) is 13.5 Å². The molecular weight excluding hydrogens is 390 g/mol. The van der Waals surface area contributed by atoms with E-state index in [2.05, 4.69) is 16.1 Å². The summed E-state index contributed by atoms with van der Waals surface area (Å²) in [5.41, 5.74) is -5.43. The first kappa shape index (κ1) is 24.1. The summed E-state index contributed by atoms with van der Waals surface area (Å²) >= 11 is 0. The van der Waals surface area contributed by atoms with Gasteiger partial charge in [-0.3, -0.25) is 4.55 Å². The number of alkyl halides is 6. The van der Waals surface area contributed by atoms with Gasteiger partial charge in [-0.15, -0.1) is 0 Å². The van der Waals surface area contributed by atoms with Crippen molar-refractivity contribution in [3.8, 4) is 0 Å². The standard InChI is InChI=1S/C11H16F6O7S/c1-3-6(23-7(18)4-2)8(19)24-9(10(12,13)14,11(15,16)17)5-25(20,21)22/h4,6-8,18-19H,2-3,5H2,1H3,(H,20,21,22)/t6?,7-,8+/m1/s1. The van der Waals surface area contributed by atoms with Crippen molar-refractivity contribution < 1.29 is 59.0 Å². The van der Waals surface area contributed by atoms with Crippen LogP contribution in [-0.4, -0.2) is 65.6 Å². The van der Waals surface area contributed by atoms with Gasteiger partial charge < -0.3 is 19.7 Å². The number of ether oxygens (including phenoxy) is 2. The van der Waals surface area contributed by atoms with Crippen LogP contribution >= 0.6 is 0 Å². The van der Waals surface area contributed by atoms with Gasteiger partial charge in [-0.25, -0.2) is 0 Å². The van der Waals surface area contributed by atoms with Crippen molar-refractivity contribution in [1.29, 1.82) is 0 Å². The SMILES string of the molecule is C=C[C@H](O)OC(CC)[C@@H](O)OC(CS(=O)(=O)O)(C(F)(F)F)C(F)(F)F. The van der Waals surface area contributed by atoms with Crippen molar-refractivity contribution in [1.82, 2.24) is 0 Å². The molecule has 0 amide bonds. The van der Waals surface area contributed by atoms with Crippen LogP contribution in [0.5, 0.6) is 0 Å². The molecule has 0 aromatic carbocycles. The van der Waals surface area contributed by atoms with Gasteiger partial charge in [0.1, 0.15) is 11.9 Å². The van der Waals surface area contributed by atoms with E-state index in [9.17, 15) is 39.9 Å². The second kappa shape index (κ2) is 8.18. The molecule has 0 aromatic heterocycles. The van der Waals surface area contributed by atoms with E-state index >= 15 is 0 Å². The molecule has 3 N–H and O–H groups in total. The van der Waals surface area contributed by atoms with Crippen molar-refractivity contribution in [2.45, 2.75) is 50.0 Å². The summed E-state index contributed by atoms with van der Waals surface area (Å²) in [6.07, 6.45) is -19.2. The molecule has 150 valence electrons. The molecular formula is C11H16F6O7S. The van der Waals surface area contributed by atoms with Gasteiger partial charge in [0.2, 0.25) is 0 Å². The van der Waals surface area contributed by atoms with Crippen LogP contribution < -0.4 is 0 Å². The quantitative estimate of drug-likeness (QED) is 0.229. The molecule has 3 atom stereocenters. The molecule has 0 radical (unpaired) electrons. The monoisotopic (exact) mass is 406 g/mol. The van der Waals surface area contributed by atoms with Crippen molar-refractivity contribution in [3.63, 3.8) is 0 Å². The van der Waals surface area contributed by atoms with Crippen molar-refractivity contribution in [2.24, 2.45) is 0 Å². The molecule has 14 heteroatoms. The molecule has 7 nitrogen and oxygen atoms in total. The molecule has 0 fully saturated rings. The Morgan fingerprint density at radius 2 is 1.56 bits per heavy atom. The second-order valence-corrected chi connectivity index (χ2v) is 6.22. The third-order valence-electron chi connectivity index (χ3n) is 2.86. The highest BCUT2D eigenvalue weighted by molar-refractivity contribution is 7.85. The topological polar surface area (TPSA) is 113 Å². The van der Waals surface area contributed by atoms with Crippen LogP contribution in [0.4, 0.5) is 26.3 Å². The minimum Gasteiger partial charge on any atom is -0.366 e. The second-order valence-electron chi connectivity index (χ2n) is 4.77. The first-order valence-electron chi connectivity index (χ1n) is 6.41. The number of rotatable bonds is 9. The van der Waals surface area contributed by atoms with Crippen LogP contribution in [0.3, 0.4) is 0 Å². The molecule has 0 saturated carbocycles. The summed E-state index contributed by atoms with van der Waals surface area (Å²) in [4.78, 5) is 0. The van der Waals surface area contributed by atoms with E-state index in [1.807, 2.05) is 0 Å². The summed E-state index contributed by atoms with van der Waals surface area (Å²) in [5, 5.41) is 18.7. The number of aliphatic hydroxyl groups excluding tert-OH is 2. The molecule has 0 aliphatic heterocycles. The summed E-state index contributed by atoms with van der Waals surface area (Å²) < 4.78 is 116. The Morgan fingerprint density at radius 1 is 1.12 bits per heavy atom. The summed E-state index contributed by atoms with van der Waals surface area (Å²) in [5.74, 6) is -2.94. The lowest BCUT2D eigenvalue weighted by Gasteiger charge is -2.38. The number of hydrogen-bond donors (Lipinski definition) is 3. The number of hydrogen-bond acceptors (Lipinski definition) is 6. The molecule has 25 heavy (non-hydrogen) atoms. The van der Waals surface area contributed by atoms with Gasteiger partial charge in [0, 0.05) is 0 Å². The Kier molecular flexibility index (Phi) is 7.87. The van der Waals surface area contributed by atoms with E-state index in [-0.39, 0.29) is 0 Å². The van der Waals surface area contributed by atoms with Crippen molar-refractivity contribution >= 4 is 10.1 Å². The van der Waals surface area contributed by atoms with E-state index in [4.69, 9.17) is 9.66 Å². The predicted octanol–water partition coefficient (Wildman–Crippen LogP) is 1.37. The molecule has 0 aliphatic rings. The van der Waals surface area contributed by atoms with Gasteiger partial charge in [-0.05, 0) is 12.5 Å². The maximum atomic E-state index is 13.0. The highest BCUT2D eigenvalue weighted by Gasteiger charge is 2.74. The molecule has 0 aromatic rings. The normalized spacial score (nSPS) is 17.8. The van der Waals surface area contributed by atoms with E-state index in [0.29, 0.717) is 6.08 Å². The van der Waals surface area contributed by atoms with E-state index < -0.39 is 58.9 Å². The van der Waals surface area contributed by atoms with Crippen LogP contribution in [0.15, 0.2) is 12.7 Å². The number of aliphatic hydroxyl groups is 2. The Morgan fingerprint density at radius 3 is 1.84 bits per heavy atom. The maximum Gasteiger partial charge on any atom is 0.427 e. The van der Waals surface area contributed by atoms with Gasteiger partial charge >= 0.3 is 12.4 Å². The van der Waals surface area contributed by atoms with Crippen LogP contribution in [-0.2, 0) is 19.6 Å². The van der Waals surface area contributed by atoms with Crippen molar-refractivity contribution in [3.05, 3.63) is 12.7 Å². The molecule has 0 spiro atoms. The summed E-state index contributed by atoms with van der Waals surface area (Å²) in [7, 11) is -5.84. The molecule has 0 rings (SSSR count). The highest BCUT2D eigenvalue weighted by atomic mass is 32.2. The van der Waals surface area contributed by atoms with Crippen LogP contribution in [0.2, 0.25) is 0 Å². The third-order valence-corrected chi connectivity index (χ3v) is 3.63. The Labute approximate surface area is 138 Å². The predicted molar refractivity (Wildman–Crippen MR) is 69.7 cm³/mol. The molecule has 0 saturated heterocycles. The van der Waals surface area contributed by atoms with E-state index in [1.165, 1.54) is 6.92 Å². The van der Waals surface area contributed by atoms with Gasteiger partial charge in [0.25, 0.3) is 15.7 Å². The summed E-state index contributed by atoms with van der Waals surface area (Å²) in [6, 6.07) is 0. The average molecular weight is 406 g/mol. The van der Waals surface area contributed by atoms with Crippen LogP contribution in [0.25, 0.3) is 0 Å². The van der Waals surface area contributed by atoms with Crippen LogP contribution in [0, 0.1) is 0 Å². The highest BCUT2D eigenvalue weighted by Crippen LogP contribution is 2.47. The van der Waals surface area contributed by atoms with Gasteiger partial charge in [0.05, 0.1) is 0 Å². The first-order chi connectivity index (χ1) is 11.0. The lowest BCUT2D eigenvalue weighted by Crippen LogP contribution is -2.64. The molecule has 0 heterocycles. The average Bonchev–Trinajstić information content (AvgIpc) is 2.39. The molecule has 0 bridgehead atoms. The zero-order chi connectivity index (χ0) is 20.3. The Balaban J connectivity index is 5.96. The largest absolute Gasteiger partial charge is 0.427 e. The Bertz CT molecular complexity index is 530. The minimum atomic E-state index is -6.38. The number of halogens is 6. The van der Waals surface area contributed by atoms with Gasteiger partial charge in [0.15, 0.2) is 12.6 Å². The zero-order valence-electron chi connectivity index (χ0n) is 12.6. The van der Waals surface area contributed by atoms with Crippen LogP contribution in [0.1, 0.15) is 13.3 Å². The minimum absolute atomic E-state index is 0.427. The molecule has 1 unspecified atom stereocenters. The van der Waals surface area contributed by atoms with Crippen molar-refractivity contribution in [2.75, 3.05) is 5.75 Å². The third kappa shape index (κ3) is 6.38. The van der Waals surface area contributed by atoms with E-state index in [0.717, 1.165) is 0 Å². The smallest absolute Gasteiger partial charge is 0.366 e. The first-order valence-corrected chi connectivity index (χ1v) is 8.02. The van der Waals surface area contributed by atoms with E-state index in [1.54, 1.807) is 0 Å². The fourth-order valence-corrected chi connectivity index (χ4v) is 2.54. The zero-order valence-corrected chi connectivity index (χ0v) is 13.4. The fourth-order valence-electron chi connectivity index (χ4n) is 1.63. The fraction of sp³-hybridized carbons (Fsp3) is 0.818. The maximum absolute atomic E-state index is 13.0. The lowest BCUT2D eigenvalue weighted by molar-refractivity contribution is -0.407. The van der Waals surface area contributed by atoms with Gasteiger partial charge in [-0.2, -0.15) is 34.8 Å². The lowest BCUT2D eigenvalue weighted by atomic mass is 10.1. The Hall–Kier alpha value is -0.930. The summed E-state index contributed by atoms with van der Waals surface area (Å²) in [6.45, 7) is 4.20.